The number of benzene rings is 1. The fraction of sp³-hybridized carbons (Fsp3) is 0.429. The van der Waals surface area contributed by atoms with Crippen molar-refractivity contribution in [3.63, 3.8) is 0 Å². The predicted octanol–water partition coefficient (Wildman–Crippen LogP) is 3.89. The van der Waals surface area contributed by atoms with Gasteiger partial charge in [0, 0.05) is 19.0 Å². The Hall–Kier alpha value is -0.980. The number of rotatable bonds is 6. The summed E-state index contributed by atoms with van der Waals surface area (Å²) in [7, 11) is 0. The summed E-state index contributed by atoms with van der Waals surface area (Å²) in [5.74, 6) is 0.613. The minimum absolute atomic E-state index is 0.202. The molecule has 0 radical (unpaired) electrons. The molecule has 0 unspecified atom stereocenters. The van der Waals surface area contributed by atoms with E-state index in [1.54, 1.807) is 6.07 Å². The molecule has 0 saturated carbocycles. The second kappa shape index (κ2) is 7.15. The van der Waals surface area contributed by atoms with Crippen LogP contribution in [0.1, 0.15) is 32.2 Å². The lowest BCUT2D eigenvalue weighted by molar-refractivity contribution is 0.574. The fourth-order valence-electron chi connectivity index (χ4n) is 1.58. The molecule has 0 aliphatic heterocycles. The van der Waals surface area contributed by atoms with Gasteiger partial charge in [-0.2, -0.15) is 4.37 Å². The monoisotopic (exact) mass is 311 g/mol. The van der Waals surface area contributed by atoms with Gasteiger partial charge < -0.3 is 5.32 Å². The van der Waals surface area contributed by atoms with Crippen molar-refractivity contribution < 1.29 is 4.39 Å². The lowest BCUT2D eigenvalue weighted by Crippen LogP contribution is -2.21. The zero-order valence-corrected chi connectivity index (χ0v) is 13.4. The summed E-state index contributed by atoms with van der Waals surface area (Å²) in [6, 6.07) is 5.73. The van der Waals surface area contributed by atoms with E-state index in [1.807, 2.05) is 19.1 Å². The highest BCUT2D eigenvalue weighted by molar-refractivity contribution is 8.01. The van der Waals surface area contributed by atoms with Gasteiger partial charge in [-0.05, 0) is 29.2 Å². The van der Waals surface area contributed by atoms with Crippen molar-refractivity contribution >= 4 is 23.3 Å². The topological polar surface area (TPSA) is 37.8 Å². The van der Waals surface area contributed by atoms with Crippen molar-refractivity contribution in [1.82, 2.24) is 14.7 Å². The zero-order chi connectivity index (χ0) is 14.5. The van der Waals surface area contributed by atoms with E-state index in [4.69, 9.17) is 0 Å². The molecular weight excluding hydrogens is 293 g/mol. The average molecular weight is 311 g/mol. The van der Waals surface area contributed by atoms with E-state index in [1.165, 1.54) is 23.3 Å². The molecule has 3 nitrogen and oxygen atoms in total. The van der Waals surface area contributed by atoms with Gasteiger partial charge in [0.25, 0.3) is 0 Å². The van der Waals surface area contributed by atoms with Crippen LogP contribution in [0.2, 0.25) is 0 Å². The first-order chi connectivity index (χ1) is 9.58. The number of aromatic nitrogens is 2. The molecule has 1 heterocycles. The Kier molecular flexibility index (Phi) is 5.51. The summed E-state index contributed by atoms with van der Waals surface area (Å²) >= 11 is 2.65. The Morgan fingerprint density at radius 2 is 2.20 bits per heavy atom. The largest absolute Gasteiger partial charge is 0.310 e. The molecule has 0 saturated heterocycles. The van der Waals surface area contributed by atoms with Crippen molar-refractivity contribution in [2.45, 2.75) is 49.0 Å². The van der Waals surface area contributed by atoms with E-state index < -0.39 is 0 Å². The van der Waals surface area contributed by atoms with Gasteiger partial charge in [0.15, 0.2) is 4.34 Å². The Labute approximate surface area is 127 Å². The highest BCUT2D eigenvalue weighted by Crippen LogP contribution is 2.31. The van der Waals surface area contributed by atoms with Crippen LogP contribution in [-0.2, 0) is 13.0 Å². The molecule has 0 amide bonds. The second-order valence-corrected chi connectivity index (χ2v) is 6.77. The van der Waals surface area contributed by atoms with Crippen molar-refractivity contribution in [3.8, 4) is 0 Å². The SMILES string of the molecule is CCc1nsc(Sc2ccc(CNC(C)C)cc2F)n1. The van der Waals surface area contributed by atoms with Gasteiger partial charge in [-0.15, -0.1) is 0 Å². The van der Waals surface area contributed by atoms with Crippen LogP contribution in [0.25, 0.3) is 0 Å². The van der Waals surface area contributed by atoms with Gasteiger partial charge >= 0.3 is 0 Å². The minimum Gasteiger partial charge on any atom is -0.310 e. The zero-order valence-electron chi connectivity index (χ0n) is 11.8. The summed E-state index contributed by atoms with van der Waals surface area (Å²) in [5, 5.41) is 3.28. The van der Waals surface area contributed by atoms with Crippen LogP contribution < -0.4 is 5.32 Å². The highest BCUT2D eigenvalue weighted by Gasteiger charge is 2.09. The van der Waals surface area contributed by atoms with Crippen LogP contribution >= 0.6 is 23.3 Å². The van der Waals surface area contributed by atoms with E-state index in [-0.39, 0.29) is 5.82 Å². The van der Waals surface area contributed by atoms with E-state index in [9.17, 15) is 4.39 Å². The van der Waals surface area contributed by atoms with Crippen LogP contribution in [0.3, 0.4) is 0 Å². The second-order valence-electron chi connectivity index (χ2n) is 4.73. The van der Waals surface area contributed by atoms with Gasteiger partial charge in [-0.25, -0.2) is 9.37 Å². The van der Waals surface area contributed by atoms with E-state index in [2.05, 4.69) is 28.5 Å². The molecule has 2 aromatic rings. The molecule has 0 aliphatic rings. The van der Waals surface area contributed by atoms with E-state index >= 15 is 0 Å². The van der Waals surface area contributed by atoms with Crippen LogP contribution in [0.4, 0.5) is 4.39 Å². The quantitative estimate of drug-likeness (QED) is 0.878. The molecule has 1 aromatic heterocycles. The minimum atomic E-state index is -0.202. The maximum atomic E-state index is 14.1. The summed E-state index contributed by atoms with van der Waals surface area (Å²) in [5.41, 5.74) is 0.951. The van der Waals surface area contributed by atoms with Crippen molar-refractivity contribution in [3.05, 3.63) is 35.4 Å². The van der Waals surface area contributed by atoms with Gasteiger partial charge in [0.05, 0.1) is 4.90 Å². The van der Waals surface area contributed by atoms with Crippen molar-refractivity contribution in [1.29, 1.82) is 0 Å². The molecule has 0 aliphatic carbocycles. The van der Waals surface area contributed by atoms with E-state index in [0.29, 0.717) is 17.5 Å². The third-order valence-corrected chi connectivity index (χ3v) is 4.51. The lowest BCUT2D eigenvalue weighted by atomic mass is 10.2. The van der Waals surface area contributed by atoms with Crippen molar-refractivity contribution in [2.75, 3.05) is 0 Å². The molecule has 0 atom stereocenters. The van der Waals surface area contributed by atoms with E-state index in [0.717, 1.165) is 22.1 Å². The standard InChI is InChI=1S/C14H18FN3S2/c1-4-13-17-14(20-18-13)19-12-6-5-10(7-11(12)15)8-16-9(2)3/h5-7,9,16H,4,8H2,1-3H3. The van der Waals surface area contributed by atoms with Gasteiger partial charge in [-0.3, -0.25) is 0 Å². The maximum Gasteiger partial charge on any atom is 0.174 e. The Balaban J connectivity index is 2.05. The molecule has 1 N–H and O–H groups in total. The third-order valence-electron chi connectivity index (χ3n) is 2.67. The molecule has 0 fully saturated rings. The molecule has 0 spiro atoms. The summed E-state index contributed by atoms with van der Waals surface area (Å²) < 4.78 is 19.0. The third kappa shape index (κ3) is 4.26. The first-order valence-electron chi connectivity index (χ1n) is 6.60. The van der Waals surface area contributed by atoms with Crippen LogP contribution in [-0.4, -0.2) is 15.4 Å². The molecular formula is C14H18FN3S2. The summed E-state index contributed by atoms with van der Waals surface area (Å²) in [6.07, 6.45) is 0.805. The summed E-state index contributed by atoms with van der Waals surface area (Å²) in [4.78, 5) is 4.93. The molecule has 108 valence electrons. The Bertz CT molecular complexity index is 569. The van der Waals surface area contributed by atoms with Gasteiger partial charge in [0.2, 0.25) is 0 Å². The molecule has 6 heteroatoms. The molecule has 0 bridgehead atoms. The van der Waals surface area contributed by atoms with Crippen LogP contribution in [0.5, 0.6) is 0 Å². The Morgan fingerprint density at radius 1 is 1.40 bits per heavy atom. The molecule has 2 rings (SSSR count). The number of hydrogen-bond acceptors (Lipinski definition) is 5. The average Bonchev–Trinajstić information content (AvgIpc) is 2.87. The van der Waals surface area contributed by atoms with Crippen LogP contribution in [0, 0.1) is 5.82 Å². The number of nitrogens with zero attached hydrogens (tertiary/aromatic N) is 2. The normalized spacial score (nSPS) is 11.2. The molecule has 20 heavy (non-hydrogen) atoms. The smallest absolute Gasteiger partial charge is 0.174 e. The highest BCUT2D eigenvalue weighted by atomic mass is 32.2. The van der Waals surface area contributed by atoms with Gasteiger partial charge in [0.1, 0.15) is 11.6 Å². The van der Waals surface area contributed by atoms with Crippen LogP contribution in [0.15, 0.2) is 27.4 Å². The first-order valence-corrected chi connectivity index (χ1v) is 8.19. The summed E-state index contributed by atoms with van der Waals surface area (Å²) in [6.45, 7) is 6.83. The van der Waals surface area contributed by atoms with Gasteiger partial charge in [-0.1, -0.05) is 38.6 Å². The molecule has 1 aromatic carbocycles. The number of halogens is 1. The predicted molar refractivity (Wildman–Crippen MR) is 81.8 cm³/mol. The number of hydrogen-bond donors (Lipinski definition) is 1. The maximum absolute atomic E-state index is 14.1. The van der Waals surface area contributed by atoms with Crippen molar-refractivity contribution in [2.24, 2.45) is 0 Å². The number of aryl methyl sites for hydroxylation is 1. The number of nitrogens with one attached hydrogen (secondary N) is 1. The first kappa shape index (κ1) is 15.4. The Morgan fingerprint density at radius 3 is 2.80 bits per heavy atom. The lowest BCUT2D eigenvalue weighted by Gasteiger charge is -2.09. The fourth-order valence-corrected chi connectivity index (χ4v) is 3.24.